The van der Waals surface area contributed by atoms with Crippen LogP contribution in [0.5, 0.6) is 0 Å². The molecule has 2 rings (SSSR count). The van der Waals surface area contributed by atoms with Crippen molar-refractivity contribution in [1.82, 2.24) is 0 Å². The van der Waals surface area contributed by atoms with Crippen LogP contribution in [0, 0.1) is 11.8 Å². The number of ketones is 1. The largest absolute Gasteiger partial charge is 0.411 e. The fourth-order valence-corrected chi connectivity index (χ4v) is 1.59. The summed E-state index contributed by atoms with van der Waals surface area (Å²) in [6.07, 6.45) is 4.64. The van der Waals surface area contributed by atoms with Gasteiger partial charge in [-0.3, -0.25) is 4.79 Å². The maximum atomic E-state index is 11.1. The summed E-state index contributed by atoms with van der Waals surface area (Å²) in [6.45, 7) is 0. The van der Waals surface area contributed by atoms with Crippen LogP contribution in [0.1, 0.15) is 6.42 Å². The number of allylic oxidation sites excluding steroid dienone is 2. The molecule has 0 radical (unpaired) electrons. The Labute approximate surface area is 58.0 Å². The Bertz CT molecular complexity index is 242. The normalized spacial score (nSPS) is 40.0. The molecule has 3 nitrogen and oxygen atoms in total. The number of carbonyl (C=O) groups excluding carboxylic acids is 1. The van der Waals surface area contributed by atoms with E-state index in [9.17, 15) is 4.79 Å². The summed E-state index contributed by atoms with van der Waals surface area (Å²) in [5.74, 6) is 0.105. The average Bonchev–Trinajstić information content (AvgIpc) is 2.46. The van der Waals surface area contributed by atoms with Gasteiger partial charge in [0.05, 0.1) is 0 Å². The van der Waals surface area contributed by atoms with E-state index in [1.54, 1.807) is 0 Å². The second-order valence-electron chi connectivity index (χ2n) is 2.68. The van der Waals surface area contributed by atoms with E-state index in [1.165, 1.54) is 0 Å². The lowest BCUT2D eigenvalue weighted by Crippen LogP contribution is -2.18. The first-order chi connectivity index (χ1) is 4.83. The quantitative estimate of drug-likeness (QED) is 0.302. The summed E-state index contributed by atoms with van der Waals surface area (Å²) >= 11 is 0. The highest BCUT2D eigenvalue weighted by Crippen LogP contribution is 2.33. The Morgan fingerprint density at radius 1 is 1.50 bits per heavy atom. The van der Waals surface area contributed by atoms with Crippen molar-refractivity contribution in [3.63, 3.8) is 0 Å². The molecular formula is C7H7NO2. The molecule has 0 aromatic carbocycles. The SMILES string of the molecule is O=C1C(=NO)C2C=CC1C2. The molecule has 1 N–H and O–H groups in total. The standard InChI is InChI=1S/C7H7NO2/c9-7-5-2-1-4(3-5)6(7)8-10/h1-2,4-5,10H,3H2. The molecule has 1 saturated carbocycles. The number of nitrogens with zero attached hydrogens (tertiary/aromatic N) is 1. The molecule has 0 saturated heterocycles. The fraction of sp³-hybridized carbons (Fsp3) is 0.429. The molecule has 2 aliphatic rings. The summed E-state index contributed by atoms with van der Waals surface area (Å²) in [5, 5.41) is 11.4. The van der Waals surface area contributed by atoms with E-state index in [1.807, 2.05) is 12.2 Å². The van der Waals surface area contributed by atoms with Crippen molar-refractivity contribution >= 4 is 11.5 Å². The van der Waals surface area contributed by atoms with Gasteiger partial charge in [0, 0.05) is 11.8 Å². The van der Waals surface area contributed by atoms with Gasteiger partial charge in [0.25, 0.3) is 0 Å². The summed E-state index contributed by atoms with van der Waals surface area (Å²) in [4.78, 5) is 11.1. The summed E-state index contributed by atoms with van der Waals surface area (Å²) in [7, 11) is 0. The third-order valence-corrected chi connectivity index (χ3v) is 2.13. The summed E-state index contributed by atoms with van der Waals surface area (Å²) in [6, 6.07) is 0. The molecule has 0 aromatic rings. The number of hydrogen-bond donors (Lipinski definition) is 1. The Balaban J connectivity index is 2.43. The zero-order valence-electron chi connectivity index (χ0n) is 5.32. The molecule has 0 heterocycles. The van der Waals surface area contributed by atoms with Crippen LogP contribution in [0.3, 0.4) is 0 Å². The first-order valence-corrected chi connectivity index (χ1v) is 3.27. The molecule has 52 valence electrons. The first-order valence-electron chi connectivity index (χ1n) is 3.27. The summed E-state index contributed by atoms with van der Waals surface area (Å²) in [5.41, 5.74) is 0.340. The highest BCUT2D eigenvalue weighted by Gasteiger charge is 2.40. The van der Waals surface area contributed by atoms with Crippen molar-refractivity contribution in [3.05, 3.63) is 12.2 Å². The number of fused-ring (bicyclic) bond motifs is 2. The number of Topliss-reactive ketones (excluding diaryl/α,β-unsaturated/α-hetero) is 1. The van der Waals surface area contributed by atoms with Crippen LogP contribution < -0.4 is 0 Å². The molecule has 0 aromatic heterocycles. The van der Waals surface area contributed by atoms with Crippen LogP contribution in [0.4, 0.5) is 0 Å². The molecule has 1 fully saturated rings. The molecule has 2 unspecified atom stereocenters. The van der Waals surface area contributed by atoms with Crippen molar-refractivity contribution < 1.29 is 10.0 Å². The van der Waals surface area contributed by atoms with Crippen LogP contribution in [-0.4, -0.2) is 16.7 Å². The number of rotatable bonds is 0. The van der Waals surface area contributed by atoms with Crippen molar-refractivity contribution in [2.75, 3.05) is 0 Å². The molecule has 10 heavy (non-hydrogen) atoms. The van der Waals surface area contributed by atoms with E-state index < -0.39 is 0 Å². The highest BCUT2D eigenvalue weighted by molar-refractivity contribution is 6.44. The number of hydrogen-bond acceptors (Lipinski definition) is 3. The van der Waals surface area contributed by atoms with Gasteiger partial charge in [-0.25, -0.2) is 0 Å². The fourth-order valence-electron chi connectivity index (χ4n) is 1.59. The minimum absolute atomic E-state index is 0.00463. The molecule has 0 amide bonds. The van der Waals surface area contributed by atoms with Gasteiger partial charge in [-0.15, -0.1) is 0 Å². The van der Waals surface area contributed by atoms with Crippen LogP contribution >= 0.6 is 0 Å². The second-order valence-corrected chi connectivity index (χ2v) is 2.68. The van der Waals surface area contributed by atoms with Gasteiger partial charge in [0.15, 0.2) is 5.78 Å². The minimum Gasteiger partial charge on any atom is -0.411 e. The van der Waals surface area contributed by atoms with E-state index in [4.69, 9.17) is 5.21 Å². The molecule has 2 bridgehead atoms. The van der Waals surface area contributed by atoms with E-state index in [-0.39, 0.29) is 17.6 Å². The maximum Gasteiger partial charge on any atom is 0.187 e. The van der Waals surface area contributed by atoms with Crippen LogP contribution in [0.2, 0.25) is 0 Å². The van der Waals surface area contributed by atoms with E-state index in [0.29, 0.717) is 5.71 Å². The zero-order valence-corrected chi connectivity index (χ0v) is 5.32. The molecule has 0 spiro atoms. The van der Waals surface area contributed by atoms with Gasteiger partial charge < -0.3 is 5.21 Å². The van der Waals surface area contributed by atoms with Crippen molar-refractivity contribution in [2.24, 2.45) is 17.0 Å². The molecular weight excluding hydrogens is 130 g/mol. The van der Waals surface area contributed by atoms with Gasteiger partial charge in [0.2, 0.25) is 0 Å². The lowest BCUT2D eigenvalue weighted by Gasteiger charge is -2.00. The van der Waals surface area contributed by atoms with Crippen LogP contribution in [-0.2, 0) is 4.79 Å². The third-order valence-electron chi connectivity index (χ3n) is 2.13. The average molecular weight is 137 g/mol. The third kappa shape index (κ3) is 0.497. The van der Waals surface area contributed by atoms with Gasteiger partial charge in [-0.05, 0) is 6.42 Å². The number of carbonyl (C=O) groups is 1. The lowest BCUT2D eigenvalue weighted by molar-refractivity contribution is -0.114. The monoisotopic (exact) mass is 137 g/mol. The maximum absolute atomic E-state index is 11.1. The van der Waals surface area contributed by atoms with E-state index in [2.05, 4.69) is 5.16 Å². The Kier molecular flexibility index (Phi) is 0.952. The first kappa shape index (κ1) is 5.65. The van der Waals surface area contributed by atoms with Crippen molar-refractivity contribution in [1.29, 1.82) is 0 Å². The lowest BCUT2D eigenvalue weighted by atomic mass is 10.0. The van der Waals surface area contributed by atoms with Gasteiger partial charge >= 0.3 is 0 Å². The Morgan fingerprint density at radius 2 is 2.20 bits per heavy atom. The molecule has 2 aliphatic carbocycles. The molecule has 0 aliphatic heterocycles. The molecule has 3 heteroatoms. The van der Waals surface area contributed by atoms with Crippen molar-refractivity contribution in [3.8, 4) is 0 Å². The number of oxime groups is 1. The minimum atomic E-state index is -0.00463. The molecule has 2 atom stereocenters. The second kappa shape index (κ2) is 1.68. The Hall–Kier alpha value is -1.12. The predicted octanol–water partition coefficient (Wildman–Crippen LogP) is 0.592. The van der Waals surface area contributed by atoms with Gasteiger partial charge in [-0.2, -0.15) is 0 Å². The Morgan fingerprint density at radius 3 is 2.60 bits per heavy atom. The van der Waals surface area contributed by atoms with Crippen LogP contribution in [0.25, 0.3) is 0 Å². The highest BCUT2D eigenvalue weighted by atomic mass is 16.4. The van der Waals surface area contributed by atoms with E-state index >= 15 is 0 Å². The van der Waals surface area contributed by atoms with E-state index in [0.717, 1.165) is 6.42 Å². The zero-order chi connectivity index (χ0) is 7.14. The van der Waals surface area contributed by atoms with Crippen molar-refractivity contribution in [2.45, 2.75) is 6.42 Å². The topological polar surface area (TPSA) is 49.7 Å². The van der Waals surface area contributed by atoms with Gasteiger partial charge in [0.1, 0.15) is 5.71 Å². The smallest absolute Gasteiger partial charge is 0.187 e. The van der Waals surface area contributed by atoms with Crippen LogP contribution in [0.15, 0.2) is 17.3 Å². The predicted molar refractivity (Wildman–Crippen MR) is 35.0 cm³/mol. The summed E-state index contributed by atoms with van der Waals surface area (Å²) < 4.78 is 0. The van der Waals surface area contributed by atoms with Gasteiger partial charge in [-0.1, -0.05) is 17.3 Å².